The number of hydrogen-bond donors (Lipinski definition) is 2. The Balaban J connectivity index is 1.66. The topological polar surface area (TPSA) is 54.9 Å². The fraction of sp³-hybridized carbons (Fsp3) is 0.650. The van der Waals surface area contributed by atoms with Crippen LogP contribution in [0.3, 0.4) is 0 Å². The second-order valence-electron chi connectivity index (χ2n) is 7.17. The molecule has 2 atom stereocenters. The van der Waals surface area contributed by atoms with Crippen LogP contribution in [-0.4, -0.2) is 31.8 Å². The van der Waals surface area contributed by atoms with Gasteiger partial charge in [-0.2, -0.15) is 0 Å². The molecule has 0 heterocycles. The van der Waals surface area contributed by atoms with Crippen LogP contribution >= 0.6 is 0 Å². The summed E-state index contributed by atoms with van der Waals surface area (Å²) in [7, 11) is 1.69. The summed E-state index contributed by atoms with van der Waals surface area (Å²) >= 11 is 0. The SMILES string of the molecule is CCNC(=NCc1ccc(OC)c(OC2CCCC2)c1)NC1CC1C. The molecule has 5 nitrogen and oxygen atoms in total. The minimum atomic E-state index is 0.322. The van der Waals surface area contributed by atoms with Crippen molar-refractivity contribution < 1.29 is 9.47 Å². The van der Waals surface area contributed by atoms with Crippen molar-refractivity contribution in [2.75, 3.05) is 13.7 Å². The zero-order valence-corrected chi connectivity index (χ0v) is 15.7. The van der Waals surface area contributed by atoms with Gasteiger partial charge in [0.1, 0.15) is 0 Å². The van der Waals surface area contributed by atoms with Crippen LogP contribution in [0.2, 0.25) is 0 Å². The summed E-state index contributed by atoms with van der Waals surface area (Å²) in [5, 5.41) is 6.81. The third-order valence-electron chi connectivity index (χ3n) is 5.02. The number of methoxy groups -OCH3 is 1. The molecule has 0 spiro atoms. The molecule has 2 saturated carbocycles. The first-order valence-electron chi connectivity index (χ1n) is 9.58. The number of rotatable bonds is 7. The third kappa shape index (κ3) is 5.03. The minimum Gasteiger partial charge on any atom is -0.493 e. The van der Waals surface area contributed by atoms with Crippen molar-refractivity contribution >= 4 is 5.96 Å². The molecule has 2 aliphatic rings. The standard InChI is InChI=1S/C20H31N3O2/c1-4-21-20(23-17-11-14(17)2)22-13-15-9-10-18(24-3)19(12-15)25-16-7-5-6-8-16/h9-10,12,14,16-17H,4-8,11,13H2,1-3H3,(H2,21,22,23). The molecule has 2 fully saturated rings. The van der Waals surface area contributed by atoms with Crippen LogP contribution < -0.4 is 20.1 Å². The van der Waals surface area contributed by atoms with Crippen LogP contribution in [0.1, 0.15) is 51.5 Å². The Morgan fingerprint density at radius 1 is 1.24 bits per heavy atom. The summed E-state index contributed by atoms with van der Waals surface area (Å²) in [4.78, 5) is 4.72. The second kappa shape index (κ2) is 8.45. The number of guanidine groups is 1. The van der Waals surface area contributed by atoms with Crippen molar-refractivity contribution in [2.24, 2.45) is 10.9 Å². The van der Waals surface area contributed by atoms with E-state index in [9.17, 15) is 0 Å². The molecular weight excluding hydrogens is 314 g/mol. The van der Waals surface area contributed by atoms with Crippen molar-refractivity contribution in [3.05, 3.63) is 23.8 Å². The fourth-order valence-electron chi connectivity index (χ4n) is 3.29. The summed E-state index contributed by atoms with van der Waals surface area (Å²) in [5.74, 6) is 3.29. The molecule has 3 rings (SSSR count). The van der Waals surface area contributed by atoms with Gasteiger partial charge < -0.3 is 20.1 Å². The number of ether oxygens (including phenoxy) is 2. The van der Waals surface area contributed by atoms with Gasteiger partial charge in [-0.1, -0.05) is 13.0 Å². The molecule has 2 N–H and O–H groups in total. The van der Waals surface area contributed by atoms with Gasteiger partial charge in [-0.3, -0.25) is 0 Å². The summed E-state index contributed by atoms with van der Waals surface area (Å²) in [6.07, 6.45) is 6.34. The monoisotopic (exact) mass is 345 g/mol. The molecule has 0 aromatic heterocycles. The molecule has 0 amide bonds. The van der Waals surface area contributed by atoms with E-state index in [1.807, 2.05) is 6.07 Å². The Kier molecular flexibility index (Phi) is 6.05. The van der Waals surface area contributed by atoms with Crippen molar-refractivity contribution in [3.8, 4) is 11.5 Å². The number of aliphatic imine (C=N–C) groups is 1. The van der Waals surface area contributed by atoms with E-state index in [0.717, 1.165) is 48.3 Å². The van der Waals surface area contributed by atoms with Crippen LogP contribution in [0.5, 0.6) is 11.5 Å². The zero-order valence-electron chi connectivity index (χ0n) is 15.7. The van der Waals surface area contributed by atoms with E-state index >= 15 is 0 Å². The Bertz CT molecular complexity index is 597. The highest BCUT2D eigenvalue weighted by molar-refractivity contribution is 5.80. The van der Waals surface area contributed by atoms with Gasteiger partial charge in [-0.25, -0.2) is 4.99 Å². The molecule has 0 radical (unpaired) electrons. The largest absolute Gasteiger partial charge is 0.493 e. The number of hydrogen-bond acceptors (Lipinski definition) is 3. The second-order valence-corrected chi connectivity index (χ2v) is 7.17. The zero-order chi connectivity index (χ0) is 17.6. The predicted molar refractivity (Wildman–Crippen MR) is 101 cm³/mol. The Morgan fingerprint density at radius 2 is 2.00 bits per heavy atom. The highest BCUT2D eigenvalue weighted by atomic mass is 16.5. The maximum Gasteiger partial charge on any atom is 0.191 e. The first-order chi connectivity index (χ1) is 12.2. The molecule has 2 aliphatic carbocycles. The van der Waals surface area contributed by atoms with Crippen molar-refractivity contribution in [3.63, 3.8) is 0 Å². The number of nitrogens with zero attached hydrogens (tertiary/aromatic N) is 1. The average Bonchev–Trinajstić information content (AvgIpc) is 3.08. The van der Waals surface area contributed by atoms with E-state index in [4.69, 9.17) is 14.5 Å². The number of benzene rings is 1. The van der Waals surface area contributed by atoms with Crippen molar-refractivity contribution in [1.82, 2.24) is 10.6 Å². The summed E-state index contributed by atoms with van der Waals surface area (Å²) in [5.41, 5.74) is 1.13. The highest BCUT2D eigenvalue weighted by Gasteiger charge is 2.33. The third-order valence-corrected chi connectivity index (χ3v) is 5.02. The maximum atomic E-state index is 6.18. The van der Waals surface area contributed by atoms with Crippen LogP contribution in [-0.2, 0) is 6.54 Å². The van der Waals surface area contributed by atoms with E-state index in [1.165, 1.54) is 19.3 Å². The fourth-order valence-corrected chi connectivity index (χ4v) is 3.29. The molecule has 0 saturated heterocycles. The van der Waals surface area contributed by atoms with Gasteiger partial charge in [0, 0.05) is 12.6 Å². The molecule has 1 aromatic carbocycles. The number of nitrogens with one attached hydrogen (secondary N) is 2. The first-order valence-corrected chi connectivity index (χ1v) is 9.58. The Hall–Kier alpha value is -1.91. The molecule has 25 heavy (non-hydrogen) atoms. The lowest BCUT2D eigenvalue weighted by Gasteiger charge is -2.17. The van der Waals surface area contributed by atoms with E-state index in [0.29, 0.717) is 18.7 Å². The average molecular weight is 345 g/mol. The van der Waals surface area contributed by atoms with Gasteiger partial charge in [0.25, 0.3) is 0 Å². The molecule has 138 valence electrons. The Morgan fingerprint density at radius 3 is 2.64 bits per heavy atom. The molecule has 2 unspecified atom stereocenters. The van der Waals surface area contributed by atoms with Crippen LogP contribution in [0.4, 0.5) is 0 Å². The van der Waals surface area contributed by atoms with Gasteiger partial charge in [-0.15, -0.1) is 0 Å². The Labute approximate surface area is 151 Å². The van der Waals surface area contributed by atoms with Gasteiger partial charge in [-0.05, 0) is 62.6 Å². The lowest BCUT2D eigenvalue weighted by atomic mass is 10.2. The summed E-state index contributed by atoms with van der Waals surface area (Å²) < 4.78 is 11.6. The van der Waals surface area contributed by atoms with E-state index in [1.54, 1.807) is 7.11 Å². The van der Waals surface area contributed by atoms with Crippen LogP contribution in [0.15, 0.2) is 23.2 Å². The van der Waals surface area contributed by atoms with Gasteiger partial charge in [0.2, 0.25) is 0 Å². The molecule has 5 heteroatoms. The smallest absolute Gasteiger partial charge is 0.191 e. The lowest BCUT2D eigenvalue weighted by molar-refractivity contribution is 0.200. The quantitative estimate of drug-likeness (QED) is 0.587. The maximum absolute atomic E-state index is 6.18. The van der Waals surface area contributed by atoms with Gasteiger partial charge in [0.05, 0.1) is 19.8 Å². The van der Waals surface area contributed by atoms with Crippen LogP contribution in [0, 0.1) is 5.92 Å². The predicted octanol–water partition coefficient (Wildman–Crippen LogP) is 3.48. The lowest BCUT2D eigenvalue weighted by Crippen LogP contribution is -2.39. The van der Waals surface area contributed by atoms with E-state index in [2.05, 4.69) is 36.6 Å². The molecule has 1 aromatic rings. The highest BCUT2D eigenvalue weighted by Crippen LogP contribution is 2.32. The minimum absolute atomic E-state index is 0.322. The van der Waals surface area contributed by atoms with Crippen molar-refractivity contribution in [2.45, 2.75) is 64.6 Å². The van der Waals surface area contributed by atoms with Gasteiger partial charge >= 0.3 is 0 Å². The van der Waals surface area contributed by atoms with E-state index in [-0.39, 0.29) is 0 Å². The molecule has 0 bridgehead atoms. The molecular formula is C20H31N3O2. The first kappa shape index (κ1) is 17.9. The molecule has 0 aliphatic heterocycles. The van der Waals surface area contributed by atoms with Crippen LogP contribution in [0.25, 0.3) is 0 Å². The van der Waals surface area contributed by atoms with E-state index < -0.39 is 0 Å². The summed E-state index contributed by atoms with van der Waals surface area (Å²) in [6.45, 7) is 5.85. The normalized spacial score (nSPS) is 23.4. The van der Waals surface area contributed by atoms with Gasteiger partial charge in [0.15, 0.2) is 17.5 Å². The summed E-state index contributed by atoms with van der Waals surface area (Å²) in [6, 6.07) is 6.69. The van der Waals surface area contributed by atoms with Crippen molar-refractivity contribution in [1.29, 1.82) is 0 Å².